The van der Waals surface area contributed by atoms with Gasteiger partial charge >= 0.3 is 0 Å². The molecule has 0 spiro atoms. The fourth-order valence-corrected chi connectivity index (χ4v) is 10.9. The van der Waals surface area contributed by atoms with Gasteiger partial charge in [-0.05, 0) is 126 Å². The number of hydrogen-bond acceptors (Lipinski definition) is 2. The summed E-state index contributed by atoms with van der Waals surface area (Å²) in [5.74, 6) is 0. The minimum Gasteiger partial charge on any atom is -0.455 e. The first-order chi connectivity index (χ1) is 32.2. The van der Waals surface area contributed by atoms with Crippen LogP contribution >= 0.6 is 0 Å². The molecule has 0 fully saturated rings. The van der Waals surface area contributed by atoms with Crippen LogP contribution in [0.5, 0.6) is 0 Å². The van der Waals surface area contributed by atoms with Crippen LogP contribution in [-0.2, 0) is 5.41 Å². The Morgan fingerprint density at radius 3 is 1.60 bits per heavy atom. The highest BCUT2D eigenvalue weighted by atomic mass is 16.3. The highest BCUT2D eigenvalue weighted by Crippen LogP contribution is 2.56. The van der Waals surface area contributed by atoms with Crippen LogP contribution in [0.1, 0.15) is 22.3 Å². The number of para-hydroxylation sites is 1. The van der Waals surface area contributed by atoms with Crippen molar-refractivity contribution in [2.24, 2.45) is 0 Å². The molecule has 0 amide bonds. The van der Waals surface area contributed by atoms with E-state index in [-0.39, 0.29) is 0 Å². The molecule has 304 valence electrons. The second-order valence-electron chi connectivity index (χ2n) is 17.2. The molecule has 0 bridgehead atoms. The van der Waals surface area contributed by atoms with Gasteiger partial charge in [0.2, 0.25) is 0 Å². The molecule has 11 aromatic carbocycles. The van der Waals surface area contributed by atoms with Crippen molar-refractivity contribution in [3.8, 4) is 33.4 Å². The van der Waals surface area contributed by atoms with Crippen molar-refractivity contribution >= 4 is 60.5 Å². The van der Waals surface area contributed by atoms with Gasteiger partial charge < -0.3 is 9.32 Å². The first-order valence-electron chi connectivity index (χ1n) is 22.4. The smallest absolute Gasteiger partial charge is 0.143 e. The van der Waals surface area contributed by atoms with Crippen LogP contribution in [0, 0.1) is 0 Å². The van der Waals surface area contributed by atoms with E-state index in [2.05, 4.69) is 248 Å². The lowest BCUT2D eigenvalue weighted by Gasteiger charge is -2.35. The summed E-state index contributed by atoms with van der Waals surface area (Å²) < 4.78 is 6.66. The lowest BCUT2D eigenvalue weighted by Crippen LogP contribution is -2.28. The number of anilines is 3. The molecular formula is C63H41NO. The monoisotopic (exact) mass is 827 g/mol. The van der Waals surface area contributed by atoms with E-state index >= 15 is 0 Å². The molecular weight excluding hydrogens is 787 g/mol. The van der Waals surface area contributed by atoms with Crippen molar-refractivity contribution < 1.29 is 4.42 Å². The molecule has 0 atom stereocenters. The molecule has 0 aliphatic heterocycles. The normalized spacial score (nSPS) is 12.7. The van der Waals surface area contributed by atoms with Gasteiger partial charge in [-0.25, -0.2) is 0 Å². The third-order valence-corrected chi connectivity index (χ3v) is 13.7. The predicted octanol–water partition coefficient (Wildman–Crippen LogP) is 17.1. The number of hydrogen-bond donors (Lipinski definition) is 0. The minimum atomic E-state index is -0.514. The highest BCUT2D eigenvalue weighted by molar-refractivity contribution is 6.26. The predicted molar refractivity (Wildman–Crippen MR) is 272 cm³/mol. The fraction of sp³-hybridized carbons (Fsp3) is 0.0159. The standard InChI is InChI=1S/C63H41NO/c1-3-16-42(17-4-1)43-30-34-48(35-31-43)64(50-22-15-21-47(41-50)63(46-19-5-2-6-20-46)58-27-12-9-24-52(58)53-25-10-13-28-59(53)63)49-36-32-44(33-37-49)57-40-45-18-7-8-23-51(45)61-55(57)38-39-56-54-26-11-14-29-60(54)65-62(56)61/h1-41H. The van der Waals surface area contributed by atoms with Gasteiger partial charge in [0.1, 0.15) is 11.2 Å². The Kier molecular flexibility index (Phi) is 8.47. The topological polar surface area (TPSA) is 16.4 Å². The first-order valence-corrected chi connectivity index (χ1v) is 22.4. The van der Waals surface area contributed by atoms with Crippen LogP contribution in [0.3, 0.4) is 0 Å². The minimum absolute atomic E-state index is 0.514. The van der Waals surface area contributed by atoms with Gasteiger partial charge in [-0.2, -0.15) is 0 Å². The largest absolute Gasteiger partial charge is 0.455 e. The summed E-state index contributed by atoms with van der Waals surface area (Å²) in [4.78, 5) is 2.41. The summed E-state index contributed by atoms with van der Waals surface area (Å²) in [6.45, 7) is 0. The molecule has 65 heavy (non-hydrogen) atoms. The maximum Gasteiger partial charge on any atom is 0.143 e. The third kappa shape index (κ3) is 5.74. The lowest BCUT2D eigenvalue weighted by atomic mass is 9.67. The van der Waals surface area contributed by atoms with Gasteiger partial charge in [-0.15, -0.1) is 0 Å². The molecule has 1 aromatic heterocycles. The molecule has 13 rings (SSSR count). The average Bonchev–Trinajstić information content (AvgIpc) is 3.91. The van der Waals surface area contributed by atoms with Crippen molar-refractivity contribution in [3.63, 3.8) is 0 Å². The number of furan rings is 1. The molecule has 1 aliphatic rings. The number of nitrogens with zero attached hydrogens (tertiary/aromatic N) is 1. The first kappa shape index (κ1) is 37.1. The number of fused-ring (bicyclic) bond motifs is 10. The molecule has 12 aromatic rings. The second-order valence-corrected chi connectivity index (χ2v) is 17.2. The fourth-order valence-electron chi connectivity index (χ4n) is 10.9. The molecule has 2 nitrogen and oxygen atoms in total. The van der Waals surface area contributed by atoms with E-state index in [1.54, 1.807) is 0 Å². The molecule has 1 heterocycles. The summed E-state index contributed by atoms with van der Waals surface area (Å²) in [7, 11) is 0. The quantitative estimate of drug-likeness (QED) is 0.149. The van der Waals surface area contributed by atoms with Gasteiger partial charge in [0.15, 0.2) is 0 Å². The average molecular weight is 828 g/mol. The molecule has 0 saturated heterocycles. The summed E-state index contributed by atoms with van der Waals surface area (Å²) in [6.07, 6.45) is 0. The van der Waals surface area contributed by atoms with Crippen molar-refractivity contribution in [1.82, 2.24) is 0 Å². The Hall–Kier alpha value is -8.46. The van der Waals surface area contributed by atoms with E-state index < -0.39 is 5.41 Å². The van der Waals surface area contributed by atoms with E-state index in [4.69, 9.17) is 4.42 Å². The molecule has 2 heteroatoms. The molecule has 0 radical (unpaired) electrons. The zero-order valence-electron chi connectivity index (χ0n) is 35.5. The van der Waals surface area contributed by atoms with E-state index in [1.165, 1.54) is 66.2 Å². The zero-order chi connectivity index (χ0) is 42.9. The number of rotatable bonds is 7. The number of benzene rings is 11. The Labute approximate surface area is 377 Å². The SMILES string of the molecule is c1ccc(-c2ccc(N(c3ccc(-c4cc5ccccc5c5c4ccc4c6ccccc6oc45)cc3)c3cccc(C4(c5ccccc5)c5ccccc5-c5ccccc54)c3)cc2)cc1. The van der Waals surface area contributed by atoms with Crippen molar-refractivity contribution in [1.29, 1.82) is 0 Å². The van der Waals surface area contributed by atoms with Crippen molar-refractivity contribution in [2.75, 3.05) is 4.90 Å². The molecule has 1 aliphatic carbocycles. The maximum atomic E-state index is 6.66. The van der Waals surface area contributed by atoms with Crippen LogP contribution < -0.4 is 4.90 Å². The van der Waals surface area contributed by atoms with E-state index in [0.29, 0.717) is 0 Å². The van der Waals surface area contributed by atoms with E-state index in [1.807, 2.05) is 6.07 Å². The summed E-state index contributed by atoms with van der Waals surface area (Å²) in [5.41, 5.74) is 16.9. The zero-order valence-corrected chi connectivity index (χ0v) is 35.5. The van der Waals surface area contributed by atoms with Crippen LogP contribution in [0.4, 0.5) is 17.1 Å². The lowest BCUT2D eigenvalue weighted by molar-refractivity contribution is 0.673. The second kappa shape index (κ2) is 14.8. The van der Waals surface area contributed by atoms with Crippen LogP contribution in [0.25, 0.3) is 76.9 Å². The molecule has 0 unspecified atom stereocenters. The summed E-state index contributed by atoms with van der Waals surface area (Å²) in [5, 5.41) is 6.98. The van der Waals surface area contributed by atoms with Crippen LogP contribution in [-0.4, -0.2) is 0 Å². The van der Waals surface area contributed by atoms with E-state index in [0.717, 1.165) is 50.0 Å². The van der Waals surface area contributed by atoms with Crippen LogP contribution in [0.2, 0.25) is 0 Å². The van der Waals surface area contributed by atoms with Crippen molar-refractivity contribution in [2.45, 2.75) is 5.41 Å². The Balaban J connectivity index is 0.994. The van der Waals surface area contributed by atoms with E-state index in [9.17, 15) is 0 Å². The highest BCUT2D eigenvalue weighted by Gasteiger charge is 2.46. The Morgan fingerprint density at radius 1 is 0.323 bits per heavy atom. The molecule has 0 saturated carbocycles. The van der Waals surface area contributed by atoms with Crippen LogP contribution in [0.15, 0.2) is 253 Å². The Morgan fingerprint density at radius 2 is 0.877 bits per heavy atom. The maximum absolute atomic E-state index is 6.66. The van der Waals surface area contributed by atoms with Gasteiger partial charge in [0, 0.05) is 33.2 Å². The van der Waals surface area contributed by atoms with Gasteiger partial charge in [-0.3, -0.25) is 0 Å². The van der Waals surface area contributed by atoms with Crippen molar-refractivity contribution in [3.05, 3.63) is 271 Å². The molecule has 0 N–H and O–H groups in total. The van der Waals surface area contributed by atoms with Gasteiger partial charge in [0.05, 0.1) is 5.41 Å². The third-order valence-electron chi connectivity index (χ3n) is 13.7. The Bertz CT molecular complexity index is 3710. The van der Waals surface area contributed by atoms with Gasteiger partial charge in [-0.1, -0.05) is 194 Å². The summed E-state index contributed by atoms with van der Waals surface area (Å²) in [6, 6.07) is 90.8. The summed E-state index contributed by atoms with van der Waals surface area (Å²) >= 11 is 0. The van der Waals surface area contributed by atoms with Gasteiger partial charge in [0.25, 0.3) is 0 Å².